The molecule has 2 aromatic carbocycles. The van der Waals surface area contributed by atoms with E-state index in [4.69, 9.17) is 23.4 Å². The molecule has 0 saturated heterocycles. The number of amides is 1. The van der Waals surface area contributed by atoms with Crippen LogP contribution in [0.5, 0.6) is 23.0 Å². The molecular formula is C24H21N3O7S. The molecule has 35 heavy (non-hydrogen) atoms. The number of ether oxygens (including phenoxy) is 4. The van der Waals surface area contributed by atoms with Crippen molar-refractivity contribution in [1.29, 1.82) is 0 Å². The minimum atomic E-state index is -0.289. The Kier molecular flexibility index (Phi) is 6.23. The highest BCUT2D eigenvalue weighted by Crippen LogP contribution is 2.35. The fourth-order valence-electron chi connectivity index (χ4n) is 3.62. The quantitative estimate of drug-likeness (QED) is 0.290. The Labute approximate surface area is 203 Å². The predicted molar refractivity (Wildman–Crippen MR) is 129 cm³/mol. The molecule has 1 aliphatic heterocycles. The number of thioether (sulfide) groups is 1. The minimum absolute atomic E-state index is 0.00976. The number of fused-ring (bicyclic) bond motifs is 2. The lowest BCUT2D eigenvalue weighted by Gasteiger charge is -2.14. The van der Waals surface area contributed by atoms with Gasteiger partial charge in [-0.25, -0.2) is 4.98 Å². The number of benzene rings is 2. The second kappa shape index (κ2) is 9.63. The molecule has 1 amide bonds. The summed E-state index contributed by atoms with van der Waals surface area (Å²) in [6.45, 7) is 0.252. The van der Waals surface area contributed by atoms with Crippen molar-refractivity contribution in [1.82, 2.24) is 9.55 Å². The fraction of sp³-hybridized carbons (Fsp3) is 0.208. The lowest BCUT2D eigenvalue weighted by molar-refractivity contribution is -0.113. The number of hydrogen-bond acceptors (Lipinski definition) is 9. The number of furan rings is 1. The molecule has 0 aliphatic carbocycles. The molecular weight excluding hydrogens is 474 g/mol. The van der Waals surface area contributed by atoms with Crippen LogP contribution >= 0.6 is 11.8 Å². The Morgan fingerprint density at radius 3 is 2.71 bits per heavy atom. The number of anilines is 1. The summed E-state index contributed by atoms with van der Waals surface area (Å²) < 4.78 is 28.3. The number of carbonyl (C=O) groups excluding carboxylic acids is 1. The lowest BCUT2D eigenvalue weighted by Crippen LogP contribution is -2.24. The topological polar surface area (TPSA) is 114 Å². The third kappa shape index (κ3) is 4.62. The molecule has 0 unspecified atom stereocenters. The first-order chi connectivity index (χ1) is 17.1. The van der Waals surface area contributed by atoms with Gasteiger partial charge in [0.05, 0.1) is 49.4 Å². The second-order valence-electron chi connectivity index (χ2n) is 7.49. The zero-order valence-corrected chi connectivity index (χ0v) is 19.7. The first kappa shape index (κ1) is 22.7. The van der Waals surface area contributed by atoms with Gasteiger partial charge < -0.3 is 28.7 Å². The maximum atomic E-state index is 13.4. The van der Waals surface area contributed by atoms with E-state index in [9.17, 15) is 9.59 Å². The van der Waals surface area contributed by atoms with Crippen molar-refractivity contribution in [2.24, 2.45) is 0 Å². The van der Waals surface area contributed by atoms with Crippen LogP contribution in [0, 0.1) is 0 Å². The van der Waals surface area contributed by atoms with Gasteiger partial charge in [0.15, 0.2) is 16.7 Å². The van der Waals surface area contributed by atoms with Crippen molar-refractivity contribution in [2.45, 2.75) is 11.7 Å². The van der Waals surface area contributed by atoms with Crippen molar-refractivity contribution < 1.29 is 28.2 Å². The number of nitrogens with one attached hydrogen (secondary N) is 1. The lowest BCUT2D eigenvalue weighted by atomic mass is 10.2. The van der Waals surface area contributed by atoms with E-state index in [0.29, 0.717) is 50.5 Å². The monoisotopic (exact) mass is 495 g/mol. The highest BCUT2D eigenvalue weighted by atomic mass is 32.2. The second-order valence-corrected chi connectivity index (χ2v) is 8.43. The number of hydrogen-bond donors (Lipinski definition) is 1. The highest BCUT2D eigenvalue weighted by molar-refractivity contribution is 7.99. The molecule has 0 fully saturated rings. The van der Waals surface area contributed by atoms with Crippen molar-refractivity contribution >= 4 is 34.3 Å². The van der Waals surface area contributed by atoms with E-state index in [1.54, 1.807) is 49.6 Å². The van der Waals surface area contributed by atoms with Crippen molar-refractivity contribution in [3.05, 3.63) is 64.8 Å². The van der Waals surface area contributed by atoms with Gasteiger partial charge in [0.1, 0.15) is 17.3 Å². The molecule has 0 bridgehead atoms. The highest BCUT2D eigenvalue weighted by Gasteiger charge is 2.20. The van der Waals surface area contributed by atoms with Crippen LogP contribution in [0.3, 0.4) is 0 Å². The summed E-state index contributed by atoms with van der Waals surface area (Å²) in [5, 5.41) is 3.58. The minimum Gasteiger partial charge on any atom is -0.497 e. The van der Waals surface area contributed by atoms with Crippen LogP contribution in [0.1, 0.15) is 5.76 Å². The summed E-state index contributed by atoms with van der Waals surface area (Å²) in [5.41, 5.74) is 0.685. The Morgan fingerprint density at radius 1 is 1.14 bits per heavy atom. The number of aromatic nitrogens is 2. The van der Waals surface area contributed by atoms with Crippen LogP contribution < -0.4 is 29.8 Å². The summed E-state index contributed by atoms with van der Waals surface area (Å²) in [7, 11) is 3.06. The van der Waals surface area contributed by atoms with Gasteiger partial charge in [-0.05, 0) is 30.3 Å². The van der Waals surface area contributed by atoms with Crippen LogP contribution in [-0.2, 0) is 11.3 Å². The molecule has 2 aromatic heterocycles. The maximum Gasteiger partial charge on any atom is 0.262 e. The number of nitrogens with zero attached hydrogens (tertiary/aromatic N) is 2. The van der Waals surface area contributed by atoms with Gasteiger partial charge in [0.2, 0.25) is 12.7 Å². The van der Waals surface area contributed by atoms with Gasteiger partial charge in [0, 0.05) is 12.1 Å². The number of methoxy groups -OCH3 is 2. The van der Waals surface area contributed by atoms with Crippen LogP contribution in [-0.4, -0.2) is 42.2 Å². The summed E-state index contributed by atoms with van der Waals surface area (Å²) in [5.74, 6) is 2.40. The average Bonchev–Trinajstić information content (AvgIpc) is 3.55. The first-order valence-corrected chi connectivity index (χ1v) is 11.6. The molecule has 4 aromatic rings. The fourth-order valence-corrected chi connectivity index (χ4v) is 4.42. The summed E-state index contributed by atoms with van der Waals surface area (Å²) in [6, 6.07) is 11.9. The first-order valence-electron chi connectivity index (χ1n) is 10.6. The molecule has 1 N–H and O–H groups in total. The smallest absolute Gasteiger partial charge is 0.262 e. The summed E-state index contributed by atoms with van der Waals surface area (Å²) >= 11 is 1.14. The Bertz CT molecular complexity index is 1450. The van der Waals surface area contributed by atoms with Crippen molar-refractivity contribution in [2.75, 3.05) is 32.1 Å². The zero-order chi connectivity index (χ0) is 24.4. The number of rotatable bonds is 8. The molecule has 0 radical (unpaired) electrons. The maximum absolute atomic E-state index is 13.4. The molecule has 10 nitrogen and oxygen atoms in total. The molecule has 1 aliphatic rings. The van der Waals surface area contributed by atoms with Crippen LogP contribution in [0.2, 0.25) is 0 Å². The van der Waals surface area contributed by atoms with E-state index in [-0.39, 0.29) is 30.6 Å². The third-order valence-corrected chi connectivity index (χ3v) is 6.30. The predicted octanol–water partition coefficient (Wildman–Crippen LogP) is 3.51. The molecule has 0 spiro atoms. The van der Waals surface area contributed by atoms with Gasteiger partial charge in [-0.15, -0.1) is 0 Å². The van der Waals surface area contributed by atoms with E-state index in [1.807, 2.05) is 0 Å². The van der Waals surface area contributed by atoms with E-state index in [0.717, 1.165) is 11.8 Å². The molecule has 180 valence electrons. The van der Waals surface area contributed by atoms with Gasteiger partial charge in [0.25, 0.3) is 5.56 Å². The van der Waals surface area contributed by atoms with Gasteiger partial charge in [-0.3, -0.25) is 14.2 Å². The van der Waals surface area contributed by atoms with Crippen LogP contribution in [0.15, 0.2) is 63.1 Å². The van der Waals surface area contributed by atoms with Crippen LogP contribution in [0.4, 0.5) is 5.69 Å². The van der Waals surface area contributed by atoms with E-state index in [2.05, 4.69) is 10.3 Å². The summed E-state index contributed by atoms with van der Waals surface area (Å²) in [6.07, 6.45) is 1.54. The van der Waals surface area contributed by atoms with E-state index >= 15 is 0 Å². The van der Waals surface area contributed by atoms with Crippen molar-refractivity contribution in [3.8, 4) is 23.0 Å². The van der Waals surface area contributed by atoms with Crippen LogP contribution in [0.25, 0.3) is 10.9 Å². The molecule has 0 atom stereocenters. The van der Waals surface area contributed by atoms with E-state index in [1.165, 1.54) is 17.9 Å². The SMILES string of the molecule is COc1ccc(NC(=O)CSc2nc3cc4c(cc3c(=O)n2Cc2ccco2)OCO4)c(OC)c1. The van der Waals surface area contributed by atoms with Crippen molar-refractivity contribution in [3.63, 3.8) is 0 Å². The van der Waals surface area contributed by atoms with E-state index < -0.39 is 0 Å². The number of carbonyl (C=O) groups is 1. The molecule has 11 heteroatoms. The zero-order valence-electron chi connectivity index (χ0n) is 18.9. The molecule has 3 heterocycles. The molecule has 5 rings (SSSR count). The third-order valence-electron chi connectivity index (χ3n) is 5.32. The largest absolute Gasteiger partial charge is 0.497 e. The Morgan fingerprint density at radius 2 is 1.97 bits per heavy atom. The van der Waals surface area contributed by atoms with Gasteiger partial charge in [-0.2, -0.15) is 0 Å². The Hall–Kier alpha value is -4.12. The summed E-state index contributed by atoms with van der Waals surface area (Å²) in [4.78, 5) is 30.8. The average molecular weight is 496 g/mol. The van der Waals surface area contributed by atoms with Gasteiger partial charge in [-0.1, -0.05) is 11.8 Å². The Balaban J connectivity index is 1.43. The normalized spacial score (nSPS) is 12.1. The standard InChI is InChI=1S/C24H21N3O7S/c1-30-14-5-6-17(19(8-14)31-2)25-22(28)12-35-24-26-18-10-21-20(33-13-34-21)9-16(18)23(29)27(24)11-15-4-3-7-32-15/h3-10H,11-13H2,1-2H3,(H,25,28). The van der Waals surface area contributed by atoms with Gasteiger partial charge >= 0.3 is 0 Å². The molecule has 0 saturated carbocycles.